The normalized spacial score (nSPS) is 21.1. The van der Waals surface area contributed by atoms with Crippen molar-refractivity contribution in [2.24, 2.45) is 0 Å². The number of aliphatic hydroxyl groups is 1. The van der Waals surface area contributed by atoms with E-state index in [-0.39, 0.29) is 25.0 Å². The molecule has 1 N–H and O–H groups in total. The number of β-amino-alcohol motifs (C(OH)–C–C–N with tert-alkyl or cyclic N) is 1. The molecule has 2 aromatic rings. The van der Waals surface area contributed by atoms with Crippen molar-refractivity contribution in [2.45, 2.75) is 51.2 Å². The van der Waals surface area contributed by atoms with Crippen molar-refractivity contribution >= 4 is 11.8 Å². The minimum absolute atomic E-state index is 0.0535. The van der Waals surface area contributed by atoms with Gasteiger partial charge in [-0.15, -0.1) is 0 Å². The van der Waals surface area contributed by atoms with Crippen LogP contribution in [0, 0.1) is 0 Å². The lowest BCUT2D eigenvalue weighted by Crippen LogP contribution is -2.51. The SMILES string of the molecule is CC(=O)N1CCN(Cc2cccc(OCCCN3CCCCCC3=O)c2)CC(O)(COc2ccccc2)C1. The molecule has 2 aromatic carbocycles. The van der Waals surface area contributed by atoms with Crippen molar-refractivity contribution in [3.05, 3.63) is 60.2 Å². The molecule has 8 heteroatoms. The Balaban J connectivity index is 1.32. The molecule has 2 amide bonds. The highest BCUT2D eigenvalue weighted by atomic mass is 16.5. The molecule has 0 bridgehead atoms. The van der Waals surface area contributed by atoms with Gasteiger partial charge in [-0.3, -0.25) is 14.5 Å². The molecule has 8 nitrogen and oxygen atoms in total. The van der Waals surface area contributed by atoms with Gasteiger partial charge in [-0.25, -0.2) is 0 Å². The first-order valence-corrected chi connectivity index (χ1v) is 13.8. The zero-order chi connectivity index (χ0) is 26.8. The molecule has 2 fully saturated rings. The number of para-hydroxylation sites is 1. The monoisotopic (exact) mass is 523 g/mol. The summed E-state index contributed by atoms with van der Waals surface area (Å²) in [6.45, 7) is 6.23. The average Bonchev–Trinajstić information content (AvgIpc) is 3.22. The molecule has 0 aliphatic carbocycles. The maximum atomic E-state index is 12.2. The van der Waals surface area contributed by atoms with Crippen LogP contribution in [0.15, 0.2) is 54.6 Å². The number of carbonyl (C=O) groups is 2. The van der Waals surface area contributed by atoms with E-state index in [2.05, 4.69) is 11.0 Å². The molecule has 38 heavy (non-hydrogen) atoms. The van der Waals surface area contributed by atoms with Crippen LogP contribution in [-0.4, -0.2) is 89.7 Å². The fourth-order valence-electron chi connectivity index (χ4n) is 5.18. The molecule has 2 saturated heterocycles. The Kier molecular flexibility index (Phi) is 10.0. The number of ether oxygens (including phenoxy) is 2. The van der Waals surface area contributed by atoms with Crippen molar-refractivity contribution in [1.82, 2.24) is 14.7 Å². The van der Waals surface area contributed by atoms with Crippen LogP contribution in [0.3, 0.4) is 0 Å². The molecule has 2 heterocycles. The fraction of sp³-hybridized carbons (Fsp3) is 0.533. The minimum Gasteiger partial charge on any atom is -0.494 e. The molecule has 206 valence electrons. The maximum Gasteiger partial charge on any atom is 0.222 e. The summed E-state index contributed by atoms with van der Waals surface area (Å²) in [6.07, 6.45) is 4.68. The molecule has 1 unspecified atom stereocenters. The van der Waals surface area contributed by atoms with Crippen molar-refractivity contribution in [1.29, 1.82) is 0 Å². The molecule has 4 rings (SSSR count). The van der Waals surface area contributed by atoms with Gasteiger partial charge in [0.1, 0.15) is 23.7 Å². The number of hydrogen-bond donors (Lipinski definition) is 1. The van der Waals surface area contributed by atoms with Gasteiger partial charge in [-0.2, -0.15) is 0 Å². The molecule has 0 aromatic heterocycles. The first-order valence-electron chi connectivity index (χ1n) is 13.8. The van der Waals surface area contributed by atoms with Gasteiger partial charge in [0.15, 0.2) is 0 Å². The van der Waals surface area contributed by atoms with Crippen LogP contribution in [0.25, 0.3) is 0 Å². The number of rotatable bonds is 10. The predicted molar refractivity (Wildman–Crippen MR) is 146 cm³/mol. The predicted octanol–water partition coefficient (Wildman–Crippen LogP) is 3.33. The van der Waals surface area contributed by atoms with Crippen molar-refractivity contribution in [2.75, 3.05) is 52.5 Å². The minimum atomic E-state index is -1.20. The summed E-state index contributed by atoms with van der Waals surface area (Å²) < 4.78 is 11.9. The van der Waals surface area contributed by atoms with Gasteiger partial charge in [0.2, 0.25) is 11.8 Å². The summed E-state index contributed by atoms with van der Waals surface area (Å²) >= 11 is 0. The third kappa shape index (κ3) is 8.46. The smallest absolute Gasteiger partial charge is 0.222 e. The number of amides is 2. The lowest BCUT2D eigenvalue weighted by atomic mass is 10.0. The first-order chi connectivity index (χ1) is 18.4. The Labute approximate surface area is 226 Å². The number of carbonyl (C=O) groups excluding carboxylic acids is 2. The van der Waals surface area contributed by atoms with E-state index in [0.717, 1.165) is 50.1 Å². The van der Waals surface area contributed by atoms with Gasteiger partial charge in [-0.05, 0) is 49.1 Å². The third-order valence-corrected chi connectivity index (χ3v) is 7.20. The molecule has 0 radical (unpaired) electrons. The Morgan fingerprint density at radius 1 is 0.947 bits per heavy atom. The molecule has 1 atom stereocenters. The Hall–Kier alpha value is -3.10. The summed E-state index contributed by atoms with van der Waals surface area (Å²) in [6, 6.07) is 17.4. The van der Waals surface area contributed by atoms with Gasteiger partial charge < -0.3 is 24.4 Å². The summed E-state index contributed by atoms with van der Waals surface area (Å²) in [5.41, 5.74) is -0.121. The lowest BCUT2D eigenvalue weighted by molar-refractivity contribution is -0.132. The van der Waals surface area contributed by atoms with E-state index in [1.165, 1.54) is 6.92 Å². The van der Waals surface area contributed by atoms with E-state index in [0.29, 0.717) is 45.0 Å². The quantitative estimate of drug-likeness (QED) is 0.481. The second kappa shape index (κ2) is 13.6. The van der Waals surface area contributed by atoms with E-state index in [1.807, 2.05) is 53.4 Å². The van der Waals surface area contributed by atoms with Gasteiger partial charge in [0, 0.05) is 52.6 Å². The highest BCUT2D eigenvalue weighted by molar-refractivity contribution is 5.76. The van der Waals surface area contributed by atoms with E-state index >= 15 is 0 Å². The van der Waals surface area contributed by atoms with Crippen molar-refractivity contribution in [3.63, 3.8) is 0 Å². The van der Waals surface area contributed by atoms with E-state index < -0.39 is 5.60 Å². The van der Waals surface area contributed by atoms with Crippen LogP contribution in [-0.2, 0) is 16.1 Å². The summed E-state index contributed by atoms with van der Waals surface area (Å²) in [5, 5.41) is 11.5. The zero-order valence-electron chi connectivity index (χ0n) is 22.5. The summed E-state index contributed by atoms with van der Waals surface area (Å²) in [7, 11) is 0. The lowest BCUT2D eigenvalue weighted by Gasteiger charge is -2.32. The molecule has 2 aliphatic heterocycles. The van der Waals surface area contributed by atoms with Gasteiger partial charge in [-0.1, -0.05) is 36.8 Å². The standard InChI is InChI=1S/C30H41N3O5/c1-25(34)33-18-17-31(22-30(36,23-33)24-38-27-11-4-2-5-12-27)21-26-10-8-13-28(20-26)37-19-9-16-32-15-7-3-6-14-29(32)35/h2,4-5,8,10-13,20,36H,3,6-7,9,14-19,21-24H2,1H3. The van der Waals surface area contributed by atoms with Crippen LogP contribution in [0.5, 0.6) is 11.5 Å². The summed E-state index contributed by atoms with van der Waals surface area (Å²) in [4.78, 5) is 30.2. The maximum absolute atomic E-state index is 12.2. The highest BCUT2D eigenvalue weighted by Gasteiger charge is 2.37. The van der Waals surface area contributed by atoms with E-state index in [4.69, 9.17) is 9.47 Å². The number of benzene rings is 2. The molecule has 0 spiro atoms. The fourth-order valence-corrected chi connectivity index (χ4v) is 5.18. The van der Waals surface area contributed by atoms with E-state index in [1.54, 1.807) is 4.90 Å². The van der Waals surface area contributed by atoms with Crippen LogP contribution in [0.2, 0.25) is 0 Å². The topological polar surface area (TPSA) is 82.6 Å². The van der Waals surface area contributed by atoms with Crippen LogP contribution < -0.4 is 9.47 Å². The Bertz CT molecular complexity index is 1050. The van der Waals surface area contributed by atoms with Crippen LogP contribution in [0.4, 0.5) is 0 Å². The largest absolute Gasteiger partial charge is 0.494 e. The molecular weight excluding hydrogens is 482 g/mol. The third-order valence-electron chi connectivity index (χ3n) is 7.20. The highest BCUT2D eigenvalue weighted by Crippen LogP contribution is 2.21. The molecular formula is C30H41N3O5. The van der Waals surface area contributed by atoms with Crippen LogP contribution >= 0.6 is 0 Å². The molecule has 2 aliphatic rings. The Morgan fingerprint density at radius 2 is 1.76 bits per heavy atom. The second-order valence-electron chi connectivity index (χ2n) is 10.5. The number of nitrogens with zero attached hydrogens (tertiary/aromatic N) is 3. The van der Waals surface area contributed by atoms with Crippen molar-refractivity contribution < 1.29 is 24.2 Å². The van der Waals surface area contributed by atoms with Crippen LogP contribution in [0.1, 0.15) is 44.6 Å². The van der Waals surface area contributed by atoms with Crippen molar-refractivity contribution in [3.8, 4) is 11.5 Å². The number of likely N-dealkylation sites (tertiary alicyclic amines) is 1. The zero-order valence-corrected chi connectivity index (χ0v) is 22.5. The van der Waals surface area contributed by atoms with Gasteiger partial charge >= 0.3 is 0 Å². The number of hydrogen-bond acceptors (Lipinski definition) is 6. The summed E-state index contributed by atoms with van der Waals surface area (Å²) in [5.74, 6) is 1.70. The van der Waals surface area contributed by atoms with Gasteiger partial charge in [0.05, 0.1) is 13.2 Å². The Morgan fingerprint density at radius 3 is 2.58 bits per heavy atom. The second-order valence-corrected chi connectivity index (χ2v) is 10.5. The van der Waals surface area contributed by atoms with Gasteiger partial charge in [0.25, 0.3) is 0 Å². The molecule has 0 saturated carbocycles. The first kappa shape index (κ1) is 27.9. The van der Waals surface area contributed by atoms with E-state index in [9.17, 15) is 14.7 Å². The average molecular weight is 524 g/mol.